The van der Waals surface area contributed by atoms with Crippen LogP contribution in [0.2, 0.25) is 0 Å². The molecule has 1 atom stereocenters. The summed E-state index contributed by atoms with van der Waals surface area (Å²) in [6, 6.07) is 3.97. The third-order valence-corrected chi connectivity index (χ3v) is 3.41. The Labute approximate surface area is 106 Å². The number of benzene rings is 1. The largest absolute Gasteiger partial charge is 0.378 e. The number of ether oxygens (including phenoxy) is 1. The van der Waals surface area contributed by atoms with Gasteiger partial charge in [-0.25, -0.2) is 8.78 Å². The number of halogens is 2. The minimum absolute atomic E-state index is 0.113. The van der Waals surface area contributed by atoms with Gasteiger partial charge in [0.05, 0.1) is 6.10 Å². The fraction of sp³-hybridized carbons (Fsp3) is 0.571. The minimum Gasteiger partial charge on any atom is -0.378 e. The maximum absolute atomic E-state index is 13.6. The summed E-state index contributed by atoms with van der Waals surface area (Å²) in [7, 11) is 0. The van der Waals surface area contributed by atoms with Gasteiger partial charge >= 0.3 is 0 Å². The minimum atomic E-state index is -0.538. The molecule has 100 valence electrons. The van der Waals surface area contributed by atoms with Crippen molar-refractivity contribution in [2.24, 2.45) is 0 Å². The summed E-state index contributed by atoms with van der Waals surface area (Å²) in [4.78, 5) is 0. The van der Waals surface area contributed by atoms with Crippen molar-refractivity contribution < 1.29 is 13.5 Å². The lowest BCUT2D eigenvalue weighted by atomic mass is 9.88. The molecule has 0 amide bonds. The lowest BCUT2D eigenvalue weighted by Gasteiger charge is -2.37. The summed E-state index contributed by atoms with van der Waals surface area (Å²) in [6.45, 7) is 4.61. The normalized spacial score (nSPS) is 24.7. The van der Waals surface area contributed by atoms with Gasteiger partial charge in [-0.05, 0) is 32.8 Å². The molecule has 1 unspecified atom stereocenters. The Balaban J connectivity index is 1.87. The van der Waals surface area contributed by atoms with E-state index in [4.69, 9.17) is 4.74 Å². The summed E-state index contributed by atoms with van der Waals surface area (Å²) < 4.78 is 31.8. The molecule has 4 heteroatoms. The first kappa shape index (κ1) is 13.4. The molecule has 0 spiro atoms. The first-order valence-corrected chi connectivity index (χ1v) is 6.42. The molecule has 0 radical (unpaired) electrons. The second-order valence-corrected chi connectivity index (χ2v) is 4.80. The van der Waals surface area contributed by atoms with Gasteiger partial charge in [0, 0.05) is 30.3 Å². The van der Waals surface area contributed by atoms with Crippen LogP contribution >= 0.6 is 0 Å². The van der Waals surface area contributed by atoms with E-state index in [0.717, 1.165) is 25.5 Å². The molecule has 1 saturated carbocycles. The summed E-state index contributed by atoms with van der Waals surface area (Å²) >= 11 is 0. The SMILES string of the molecule is CCOC1CC(NC(C)c2ccc(F)cc2F)C1. The van der Waals surface area contributed by atoms with Crippen LogP contribution in [0.5, 0.6) is 0 Å². The Bertz CT molecular complexity index is 405. The highest BCUT2D eigenvalue weighted by molar-refractivity contribution is 5.21. The Morgan fingerprint density at radius 2 is 2.11 bits per heavy atom. The maximum Gasteiger partial charge on any atom is 0.130 e. The van der Waals surface area contributed by atoms with Crippen molar-refractivity contribution in [3.8, 4) is 0 Å². The topological polar surface area (TPSA) is 21.3 Å². The van der Waals surface area contributed by atoms with E-state index in [1.54, 1.807) is 0 Å². The molecule has 1 N–H and O–H groups in total. The van der Waals surface area contributed by atoms with Crippen LogP contribution in [0.3, 0.4) is 0 Å². The Morgan fingerprint density at radius 1 is 1.39 bits per heavy atom. The highest BCUT2D eigenvalue weighted by Crippen LogP contribution is 2.27. The van der Waals surface area contributed by atoms with Crippen molar-refractivity contribution in [2.75, 3.05) is 6.61 Å². The first-order chi connectivity index (χ1) is 8.60. The van der Waals surface area contributed by atoms with E-state index < -0.39 is 11.6 Å². The van der Waals surface area contributed by atoms with Gasteiger partial charge in [-0.3, -0.25) is 0 Å². The van der Waals surface area contributed by atoms with E-state index in [1.807, 2.05) is 13.8 Å². The maximum atomic E-state index is 13.6. The lowest BCUT2D eigenvalue weighted by molar-refractivity contribution is -0.0120. The van der Waals surface area contributed by atoms with E-state index in [2.05, 4.69) is 5.32 Å². The van der Waals surface area contributed by atoms with E-state index in [-0.39, 0.29) is 6.04 Å². The standard InChI is InChI=1S/C14H19F2NO/c1-3-18-12-7-11(8-12)17-9(2)13-5-4-10(15)6-14(13)16/h4-6,9,11-12,17H,3,7-8H2,1-2H3. The van der Waals surface area contributed by atoms with E-state index >= 15 is 0 Å². The fourth-order valence-electron chi connectivity index (χ4n) is 2.37. The van der Waals surface area contributed by atoms with Crippen LogP contribution in [0.25, 0.3) is 0 Å². The summed E-state index contributed by atoms with van der Waals surface area (Å²) in [6.07, 6.45) is 2.25. The molecule has 2 rings (SSSR count). The number of hydrogen-bond donors (Lipinski definition) is 1. The Hall–Kier alpha value is -1.00. The van der Waals surface area contributed by atoms with E-state index in [0.29, 0.717) is 17.7 Å². The molecule has 1 aliphatic carbocycles. The van der Waals surface area contributed by atoms with Crippen molar-refractivity contribution >= 4 is 0 Å². The van der Waals surface area contributed by atoms with Crippen LogP contribution in [-0.4, -0.2) is 18.8 Å². The molecule has 1 fully saturated rings. The van der Waals surface area contributed by atoms with Gasteiger partial charge in [-0.15, -0.1) is 0 Å². The lowest BCUT2D eigenvalue weighted by Crippen LogP contribution is -2.46. The van der Waals surface area contributed by atoms with Crippen molar-refractivity contribution in [3.05, 3.63) is 35.4 Å². The average molecular weight is 255 g/mol. The average Bonchev–Trinajstić information content (AvgIpc) is 2.26. The van der Waals surface area contributed by atoms with Gasteiger partial charge < -0.3 is 10.1 Å². The van der Waals surface area contributed by atoms with Crippen molar-refractivity contribution in [1.82, 2.24) is 5.32 Å². The molecule has 2 nitrogen and oxygen atoms in total. The van der Waals surface area contributed by atoms with Crippen LogP contribution in [0.1, 0.15) is 38.3 Å². The molecular weight excluding hydrogens is 236 g/mol. The van der Waals surface area contributed by atoms with Crippen LogP contribution < -0.4 is 5.32 Å². The fourth-order valence-corrected chi connectivity index (χ4v) is 2.37. The third-order valence-electron chi connectivity index (χ3n) is 3.41. The molecule has 0 saturated heterocycles. The second-order valence-electron chi connectivity index (χ2n) is 4.80. The van der Waals surface area contributed by atoms with Gasteiger partial charge in [0.15, 0.2) is 0 Å². The Morgan fingerprint density at radius 3 is 2.72 bits per heavy atom. The van der Waals surface area contributed by atoms with Gasteiger partial charge in [-0.1, -0.05) is 6.07 Å². The summed E-state index contributed by atoms with van der Waals surface area (Å²) in [5.74, 6) is -1.03. The van der Waals surface area contributed by atoms with Gasteiger partial charge in [0.25, 0.3) is 0 Å². The molecule has 0 aromatic heterocycles. The van der Waals surface area contributed by atoms with Gasteiger partial charge in [0.2, 0.25) is 0 Å². The number of nitrogens with one attached hydrogen (secondary N) is 1. The highest BCUT2D eigenvalue weighted by atomic mass is 19.1. The van der Waals surface area contributed by atoms with Crippen molar-refractivity contribution in [2.45, 2.75) is 44.9 Å². The van der Waals surface area contributed by atoms with E-state index in [9.17, 15) is 8.78 Å². The van der Waals surface area contributed by atoms with Crippen LogP contribution in [-0.2, 0) is 4.74 Å². The molecule has 1 aromatic carbocycles. The van der Waals surface area contributed by atoms with Gasteiger partial charge in [0.1, 0.15) is 11.6 Å². The molecule has 0 aliphatic heterocycles. The molecule has 1 aliphatic rings. The molecule has 0 bridgehead atoms. The predicted molar refractivity (Wildman–Crippen MR) is 66.3 cm³/mol. The van der Waals surface area contributed by atoms with Crippen LogP contribution in [0.4, 0.5) is 8.78 Å². The third kappa shape index (κ3) is 3.06. The molecular formula is C14H19F2NO. The smallest absolute Gasteiger partial charge is 0.130 e. The zero-order valence-electron chi connectivity index (χ0n) is 10.7. The molecule has 0 heterocycles. The Kier molecular flexibility index (Phi) is 4.30. The summed E-state index contributed by atoms with van der Waals surface area (Å²) in [5.41, 5.74) is 0.510. The zero-order chi connectivity index (χ0) is 13.1. The predicted octanol–water partition coefficient (Wildman–Crippen LogP) is 3.18. The molecule has 1 aromatic rings. The van der Waals surface area contributed by atoms with E-state index in [1.165, 1.54) is 12.1 Å². The quantitative estimate of drug-likeness (QED) is 0.872. The highest BCUT2D eigenvalue weighted by Gasteiger charge is 2.30. The number of hydrogen-bond acceptors (Lipinski definition) is 2. The second kappa shape index (κ2) is 5.76. The van der Waals surface area contributed by atoms with Crippen molar-refractivity contribution in [1.29, 1.82) is 0 Å². The van der Waals surface area contributed by atoms with Crippen LogP contribution in [0, 0.1) is 11.6 Å². The summed E-state index contributed by atoms with van der Waals surface area (Å²) in [5, 5.41) is 3.34. The van der Waals surface area contributed by atoms with Gasteiger partial charge in [-0.2, -0.15) is 0 Å². The van der Waals surface area contributed by atoms with Crippen LogP contribution in [0.15, 0.2) is 18.2 Å². The zero-order valence-corrected chi connectivity index (χ0v) is 10.7. The monoisotopic (exact) mass is 255 g/mol. The first-order valence-electron chi connectivity index (χ1n) is 6.42. The number of rotatable bonds is 5. The molecule has 18 heavy (non-hydrogen) atoms. The van der Waals surface area contributed by atoms with Crippen molar-refractivity contribution in [3.63, 3.8) is 0 Å².